The molecule has 0 aliphatic heterocycles. The van der Waals surface area contributed by atoms with Gasteiger partial charge < -0.3 is 9.84 Å². The predicted molar refractivity (Wildman–Crippen MR) is 55.7 cm³/mol. The van der Waals surface area contributed by atoms with Crippen molar-refractivity contribution in [1.82, 2.24) is 9.97 Å². The standard InChI is InChI=1S/C11H14N2O3/c1-7-8(13-6-5-12-7)11(3-4-11)9(14)10(15)16-2/h5-6,9,14H,3-4H2,1-2H3. The lowest BCUT2D eigenvalue weighted by Gasteiger charge is -2.20. The normalized spacial score (nSPS) is 18.9. The van der Waals surface area contributed by atoms with E-state index in [-0.39, 0.29) is 0 Å². The Morgan fingerprint density at radius 1 is 1.50 bits per heavy atom. The van der Waals surface area contributed by atoms with Gasteiger partial charge in [0.2, 0.25) is 0 Å². The molecule has 0 bridgehead atoms. The Balaban J connectivity index is 2.33. The largest absolute Gasteiger partial charge is 0.467 e. The van der Waals surface area contributed by atoms with Gasteiger partial charge in [0, 0.05) is 12.4 Å². The lowest BCUT2D eigenvalue weighted by molar-refractivity contribution is -0.152. The number of hydrogen-bond acceptors (Lipinski definition) is 5. The van der Waals surface area contributed by atoms with E-state index in [2.05, 4.69) is 14.7 Å². The van der Waals surface area contributed by atoms with Crippen molar-refractivity contribution in [3.63, 3.8) is 0 Å². The fourth-order valence-corrected chi connectivity index (χ4v) is 2.01. The van der Waals surface area contributed by atoms with Gasteiger partial charge in [0.25, 0.3) is 0 Å². The van der Waals surface area contributed by atoms with Crippen LogP contribution in [-0.2, 0) is 14.9 Å². The highest BCUT2D eigenvalue weighted by atomic mass is 16.5. The number of carbonyl (C=O) groups is 1. The van der Waals surface area contributed by atoms with E-state index in [0.717, 1.165) is 18.5 Å². The van der Waals surface area contributed by atoms with Crippen LogP contribution in [0.1, 0.15) is 24.2 Å². The van der Waals surface area contributed by atoms with E-state index in [4.69, 9.17) is 0 Å². The van der Waals surface area contributed by atoms with E-state index in [9.17, 15) is 9.90 Å². The van der Waals surface area contributed by atoms with Crippen LogP contribution in [0, 0.1) is 6.92 Å². The first-order valence-corrected chi connectivity index (χ1v) is 5.16. The molecule has 0 radical (unpaired) electrons. The molecule has 1 aliphatic rings. The fraction of sp³-hybridized carbons (Fsp3) is 0.545. The summed E-state index contributed by atoms with van der Waals surface area (Å²) in [4.78, 5) is 19.7. The fourth-order valence-electron chi connectivity index (χ4n) is 2.01. The van der Waals surface area contributed by atoms with Gasteiger partial charge in [-0.1, -0.05) is 0 Å². The number of esters is 1. The Labute approximate surface area is 93.5 Å². The summed E-state index contributed by atoms with van der Waals surface area (Å²) in [7, 11) is 1.27. The molecule has 86 valence electrons. The predicted octanol–water partition coefficient (Wildman–Crippen LogP) is 0.351. The molecule has 1 heterocycles. The average molecular weight is 222 g/mol. The number of carbonyl (C=O) groups excluding carboxylic acids is 1. The van der Waals surface area contributed by atoms with Gasteiger partial charge in [-0.15, -0.1) is 0 Å². The topological polar surface area (TPSA) is 72.3 Å². The number of nitrogens with zero attached hydrogens (tertiary/aromatic N) is 2. The van der Waals surface area contributed by atoms with Crippen molar-refractivity contribution in [2.45, 2.75) is 31.3 Å². The average Bonchev–Trinajstić information content (AvgIpc) is 3.09. The van der Waals surface area contributed by atoms with Crippen molar-refractivity contribution in [1.29, 1.82) is 0 Å². The number of aryl methyl sites for hydroxylation is 1. The minimum absolute atomic E-state index is 0.578. The molecular weight excluding hydrogens is 208 g/mol. The molecular formula is C11H14N2O3. The van der Waals surface area contributed by atoms with Crippen LogP contribution in [0.25, 0.3) is 0 Å². The molecule has 1 aliphatic carbocycles. The minimum Gasteiger partial charge on any atom is -0.467 e. The zero-order valence-electron chi connectivity index (χ0n) is 9.30. The molecule has 1 unspecified atom stereocenters. The number of aliphatic hydroxyl groups is 1. The second-order valence-electron chi connectivity index (χ2n) is 4.07. The van der Waals surface area contributed by atoms with Gasteiger partial charge in [0.1, 0.15) is 0 Å². The molecule has 1 aromatic heterocycles. The Bertz CT molecular complexity index is 415. The maximum absolute atomic E-state index is 11.4. The summed E-state index contributed by atoms with van der Waals surface area (Å²) in [6.45, 7) is 1.83. The smallest absolute Gasteiger partial charge is 0.335 e. The van der Waals surface area contributed by atoms with Crippen LogP contribution in [0.2, 0.25) is 0 Å². The number of hydrogen-bond donors (Lipinski definition) is 1. The second-order valence-corrected chi connectivity index (χ2v) is 4.07. The molecule has 0 amide bonds. The molecule has 1 aromatic rings. The minimum atomic E-state index is -1.15. The quantitative estimate of drug-likeness (QED) is 0.747. The molecule has 2 rings (SSSR count). The maximum atomic E-state index is 11.4. The third kappa shape index (κ3) is 1.57. The van der Waals surface area contributed by atoms with Gasteiger partial charge >= 0.3 is 5.97 Å². The molecule has 0 saturated heterocycles. The van der Waals surface area contributed by atoms with Crippen LogP contribution >= 0.6 is 0 Å². The lowest BCUT2D eigenvalue weighted by Crippen LogP contribution is -2.36. The summed E-state index contributed by atoms with van der Waals surface area (Å²) < 4.78 is 4.56. The van der Waals surface area contributed by atoms with Crippen LogP contribution in [0.15, 0.2) is 12.4 Å². The first-order chi connectivity index (χ1) is 7.62. The Morgan fingerprint density at radius 3 is 2.62 bits per heavy atom. The number of aromatic nitrogens is 2. The lowest BCUT2D eigenvalue weighted by atomic mass is 9.93. The van der Waals surface area contributed by atoms with Crippen molar-refractivity contribution in [3.05, 3.63) is 23.8 Å². The van der Waals surface area contributed by atoms with E-state index in [0.29, 0.717) is 5.69 Å². The van der Waals surface area contributed by atoms with Crippen LogP contribution in [0.5, 0.6) is 0 Å². The van der Waals surface area contributed by atoms with Crippen molar-refractivity contribution in [3.8, 4) is 0 Å². The van der Waals surface area contributed by atoms with Gasteiger partial charge in [-0.3, -0.25) is 9.97 Å². The molecule has 0 aromatic carbocycles. The van der Waals surface area contributed by atoms with E-state index in [1.54, 1.807) is 12.4 Å². The molecule has 0 spiro atoms. The van der Waals surface area contributed by atoms with Crippen LogP contribution < -0.4 is 0 Å². The zero-order valence-corrected chi connectivity index (χ0v) is 9.30. The third-order valence-corrected chi connectivity index (χ3v) is 3.09. The molecule has 1 fully saturated rings. The number of rotatable bonds is 3. The van der Waals surface area contributed by atoms with E-state index in [1.165, 1.54) is 7.11 Å². The van der Waals surface area contributed by atoms with Gasteiger partial charge in [-0.2, -0.15) is 0 Å². The first-order valence-electron chi connectivity index (χ1n) is 5.16. The number of ether oxygens (including phenoxy) is 1. The summed E-state index contributed by atoms with van der Waals surface area (Å²) in [5.41, 5.74) is 0.877. The Morgan fingerprint density at radius 2 is 2.12 bits per heavy atom. The second kappa shape index (κ2) is 3.83. The van der Waals surface area contributed by atoms with Crippen LogP contribution in [-0.4, -0.2) is 34.3 Å². The van der Waals surface area contributed by atoms with E-state index >= 15 is 0 Å². The van der Waals surface area contributed by atoms with Gasteiger partial charge in [-0.05, 0) is 19.8 Å². The van der Waals surface area contributed by atoms with Gasteiger partial charge in [0.15, 0.2) is 6.10 Å². The summed E-state index contributed by atoms with van der Waals surface area (Å²) in [6, 6.07) is 0. The molecule has 1 N–H and O–H groups in total. The van der Waals surface area contributed by atoms with E-state index in [1.807, 2.05) is 6.92 Å². The Kier molecular flexibility index (Phi) is 2.63. The molecule has 16 heavy (non-hydrogen) atoms. The summed E-state index contributed by atoms with van der Waals surface area (Å²) in [6.07, 6.45) is 3.50. The summed E-state index contributed by atoms with van der Waals surface area (Å²) in [5, 5.41) is 9.94. The molecule has 5 nitrogen and oxygen atoms in total. The van der Waals surface area contributed by atoms with Gasteiger partial charge in [-0.25, -0.2) is 4.79 Å². The first kappa shape index (κ1) is 11.0. The maximum Gasteiger partial charge on any atom is 0.335 e. The highest BCUT2D eigenvalue weighted by Gasteiger charge is 2.55. The summed E-state index contributed by atoms with van der Waals surface area (Å²) in [5.74, 6) is -0.609. The third-order valence-electron chi connectivity index (χ3n) is 3.09. The van der Waals surface area contributed by atoms with Crippen LogP contribution in [0.3, 0.4) is 0 Å². The zero-order chi connectivity index (χ0) is 11.8. The monoisotopic (exact) mass is 222 g/mol. The molecule has 5 heteroatoms. The highest BCUT2D eigenvalue weighted by molar-refractivity contribution is 5.77. The molecule has 1 atom stereocenters. The number of aliphatic hydroxyl groups excluding tert-OH is 1. The van der Waals surface area contributed by atoms with Gasteiger partial charge in [0.05, 0.1) is 23.9 Å². The van der Waals surface area contributed by atoms with E-state index < -0.39 is 17.5 Å². The highest BCUT2D eigenvalue weighted by Crippen LogP contribution is 2.51. The van der Waals surface area contributed by atoms with Crippen molar-refractivity contribution in [2.75, 3.05) is 7.11 Å². The number of methoxy groups -OCH3 is 1. The Hall–Kier alpha value is -1.49. The van der Waals surface area contributed by atoms with Crippen molar-refractivity contribution in [2.24, 2.45) is 0 Å². The van der Waals surface area contributed by atoms with Crippen molar-refractivity contribution >= 4 is 5.97 Å². The SMILES string of the molecule is COC(=O)C(O)C1(c2nccnc2C)CC1. The molecule has 1 saturated carbocycles. The van der Waals surface area contributed by atoms with Crippen molar-refractivity contribution < 1.29 is 14.6 Å². The van der Waals surface area contributed by atoms with Crippen LogP contribution in [0.4, 0.5) is 0 Å². The summed E-state index contributed by atoms with van der Waals surface area (Å²) >= 11 is 0.